The topological polar surface area (TPSA) is 78.4 Å². The van der Waals surface area contributed by atoms with E-state index in [0.717, 1.165) is 35.7 Å². The highest BCUT2D eigenvalue weighted by Crippen LogP contribution is 2.35. The summed E-state index contributed by atoms with van der Waals surface area (Å²) in [6.07, 6.45) is 3.25. The van der Waals surface area contributed by atoms with Crippen LogP contribution in [0.1, 0.15) is 18.4 Å². The first kappa shape index (κ1) is 18.9. The maximum absolute atomic E-state index is 12.0. The zero-order valence-electron chi connectivity index (χ0n) is 16.4. The number of piperidine rings is 1. The Kier molecular flexibility index (Phi) is 5.16. The smallest absolute Gasteiger partial charge is 0.246 e. The van der Waals surface area contributed by atoms with Crippen molar-refractivity contribution in [2.24, 2.45) is 0 Å². The number of aryl methyl sites for hydroxylation is 1. The molecule has 1 amide bonds. The average Bonchev–Trinajstić information content (AvgIpc) is 2.74. The maximum atomic E-state index is 12.0. The van der Waals surface area contributed by atoms with E-state index in [0.29, 0.717) is 23.6 Å². The van der Waals surface area contributed by atoms with Gasteiger partial charge in [-0.2, -0.15) is 0 Å². The molecule has 0 bridgehead atoms. The number of nitrogens with zero attached hydrogens (tertiary/aromatic N) is 3. The van der Waals surface area contributed by atoms with Gasteiger partial charge in [-0.15, -0.1) is 10.2 Å². The first-order valence-corrected chi connectivity index (χ1v) is 9.80. The van der Waals surface area contributed by atoms with Crippen LogP contribution in [-0.2, 0) is 4.79 Å². The van der Waals surface area contributed by atoms with Gasteiger partial charge in [-0.05, 0) is 43.5 Å². The molecule has 1 aliphatic rings. The molecule has 0 radical (unpaired) electrons. The summed E-state index contributed by atoms with van der Waals surface area (Å²) in [4.78, 5) is 13.8. The van der Waals surface area contributed by atoms with Gasteiger partial charge in [-0.25, -0.2) is 0 Å². The van der Waals surface area contributed by atoms with Crippen LogP contribution in [0, 0.1) is 6.92 Å². The van der Waals surface area contributed by atoms with Crippen molar-refractivity contribution in [2.75, 3.05) is 18.4 Å². The van der Waals surface area contributed by atoms with E-state index in [1.54, 1.807) is 6.07 Å². The first-order chi connectivity index (χ1) is 14.1. The Hall–Kier alpha value is -3.41. The number of amides is 1. The SMILES string of the molecule is C=CC(=O)N1CCCC(Nc2nnc(-c3ccc(C)cc3O)c3ccccc23)C1. The summed E-state index contributed by atoms with van der Waals surface area (Å²) in [6, 6.07) is 13.5. The third kappa shape index (κ3) is 3.78. The molecule has 1 atom stereocenters. The normalized spacial score (nSPS) is 16.6. The second kappa shape index (κ2) is 7.91. The molecule has 1 aliphatic heterocycles. The van der Waals surface area contributed by atoms with Gasteiger partial charge in [0.2, 0.25) is 5.91 Å². The maximum Gasteiger partial charge on any atom is 0.246 e. The van der Waals surface area contributed by atoms with Crippen molar-refractivity contribution >= 4 is 22.5 Å². The van der Waals surface area contributed by atoms with Crippen LogP contribution in [0.3, 0.4) is 0 Å². The Morgan fingerprint density at radius 3 is 2.79 bits per heavy atom. The van der Waals surface area contributed by atoms with Gasteiger partial charge >= 0.3 is 0 Å². The molecule has 1 unspecified atom stereocenters. The fourth-order valence-corrected chi connectivity index (χ4v) is 3.87. The van der Waals surface area contributed by atoms with E-state index in [1.807, 2.05) is 48.2 Å². The molecule has 2 N–H and O–H groups in total. The summed E-state index contributed by atoms with van der Waals surface area (Å²) in [5, 5.41) is 24.6. The van der Waals surface area contributed by atoms with Crippen molar-refractivity contribution in [3.05, 3.63) is 60.7 Å². The van der Waals surface area contributed by atoms with Gasteiger partial charge in [0.25, 0.3) is 0 Å². The van der Waals surface area contributed by atoms with Crippen LogP contribution in [-0.4, -0.2) is 45.2 Å². The van der Waals surface area contributed by atoms with Crippen molar-refractivity contribution in [3.8, 4) is 17.0 Å². The highest BCUT2D eigenvalue weighted by atomic mass is 16.3. The van der Waals surface area contributed by atoms with Gasteiger partial charge in [0.1, 0.15) is 11.4 Å². The van der Waals surface area contributed by atoms with Crippen LogP contribution < -0.4 is 5.32 Å². The molecule has 1 aromatic heterocycles. The zero-order valence-corrected chi connectivity index (χ0v) is 16.4. The van der Waals surface area contributed by atoms with E-state index in [9.17, 15) is 9.90 Å². The third-order valence-corrected chi connectivity index (χ3v) is 5.34. The number of rotatable bonds is 4. The molecule has 0 saturated carbocycles. The van der Waals surface area contributed by atoms with Crippen LogP contribution in [0.25, 0.3) is 22.0 Å². The van der Waals surface area contributed by atoms with Gasteiger partial charge in [0.05, 0.1) is 0 Å². The largest absolute Gasteiger partial charge is 0.507 e. The number of carbonyl (C=O) groups is 1. The number of likely N-dealkylation sites (tertiary alicyclic amines) is 1. The van der Waals surface area contributed by atoms with Gasteiger partial charge in [-0.3, -0.25) is 4.79 Å². The van der Waals surface area contributed by atoms with Crippen LogP contribution in [0.2, 0.25) is 0 Å². The fraction of sp³-hybridized carbons (Fsp3) is 0.261. The van der Waals surface area contributed by atoms with Gasteiger partial charge in [-0.1, -0.05) is 36.9 Å². The molecular formula is C23H24N4O2. The summed E-state index contributed by atoms with van der Waals surface area (Å²) >= 11 is 0. The van der Waals surface area contributed by atoms with Gasteiger partial charge < -0.3 is 15.3 Å². The highest BCUT2D eigenvalue weighted by molar-refractivity contribution is 6.01. The molecule has 2 heterocycles. The van der Waals surface area contributed by atoms with E-state index in [-0.39, 0.29) is 17.7 Å². The average molecular weight is 388 g/mol. The molecule has 148 valence electrons. The van der Waals surface area contributed by atoms with E-state index in [1.165, 1.54) is 6.08 Å². The molecule has 4 rings (SSSR count). The first-order valence-electron chi connectivity index (χ1n) is 9.80. The highest BCUT2D eigenvalue weighted by Gasteiger charge is 2.23. The number of hydrogen-bond acceptors (Lipinski definition) is 5. The summed E-state index contributed by atoms with van der Waals surface area (Å²) in [5.74, 6) is 0.836. The minimum atomic E-state index is -0.0439. The predicted molar refractivity (Wildman–Crippen MR) is 115 cm³/mol. The lowest BCUT2D eigenvalue weighted by atomic mass is 10.0. The predicted octanol–water partition coefficient (Wildman–Crippen LogP) is 3.90. The second-order valence-electron chi connectivity index (χ2n) is 7.44. The second-order valence-corrected chi connectivity index (χ2v) is 7.44. The number of phenolic OH excluding ortho intramolecular Hbond substituents is 1. The number of carbonyl (C=O) groups excluding carboxylic acids is 1. The molecule has 1 fully saturated rings. The Bertz CT molecular complexity index is 1080. The number of aromatic nitrogens is 2. The summed E-state index contributed by atoms with van der Waals surface area (Å²) in [7, 11) is 0. The quantitative estimate of drug-likeness (QED) is 0.663. The lowest BCUT2D eigenvalue weighted by molar-refractivity contribution is -0.127. The van der Waals surface area contributed by atoms with Crippen LogP contribution in [0.5, 0.6) is 5.75 Å². The Morgan fingerprint density at radius 1 is 1.24 bits per heavy atom. The number of anilines is 1. The monoisotopic (exact) mass is 388 g/mol. The minimum absolute atomic E-state index is 0.0439. The van der Waals surface area contributed by atoms with Crippen molar-refractivity contribution in [1.29, 1.82) is 0 Å². The van der Waals surface area contributed by atoms with Crippen molar-refractivity contribution in [2.45, 2.75) is 25.8 Å². The molecule has 0 aliphatic carbocycles. The van der Waals surface area contributed by atoms with Gasteiger partial charge in [0, 0.05) is 35.5 Å². The minimum Gasteiger partial charge on any atom is -0.507 e. The number of benzene rings is 2. The van der Waals surface area contributed by atoms with Crippen molar-refractivity contribution in [1.82, 2.24) is 15.1 Å². The lowest BCUT2D eigenvalue weighted by Crippen LogP contribution is -2.44. The van der Waals surface area contributed by atoms with Crippen LogP contribution in [0.15, 0.2) is 55.1 Å². The Labute approximate surface area is 169 Å². The number of hydrogen-bond donors (Lipinski definition) is 2. The summed E-state index contributed by atoms with van der Waals surface area (Å²) < 4.78 is 0. The number of fused-ring (bicyclic) bond motifs is 1. The summed E-state index contributed by atoms with van der Waals surface area (Å²) in [5.41, 5.74) is 2.29. The molecule has 0 spiro atoms. The molecule has 2 aromatic carbocycles. The van der Waals surface area contributed by atoms with Gasteiger partial charge in [0.15, 0.2) is 5.82 Å². The Morgan fingerprint density at radius 2 is 2.03 bits per heavy atom. The van der Waals surface area contributed by atoms with Crippen molar-refractivity contribution in [3.63, 3.8) is 0 Å². The molecule has 6 nitrogen and oxygen atoms in total. The summed E-state index contributed by atoms with van der Waals surface area (Å²) in [6.45, 7) is 6.88. The number of phenols is 1. The van der Waals surface area contributed by atoms with Crippen LogP contribution >= 0.6 is 0 Å². The third-order valence-electron chi connectivity index (χ3n) is 5.34. The molecular weight excluding hydrogens is 364 g/mol. The lowest BCUT2D eigenvalue weighted by Gasteiger charge is -2.33. The zero-order chi connectivity index (χ0) is 20.4. The fourth-order valence-electron chi connectivity index (χ4n) is 3.87. The van der Waals surface area contributed by atoms with E-state index < -0.39 is 0 Å². The molecule has 29 heavy (non-hydrogen) atoms. The van der Waals surface area contributed by atoms with Crippen LogP contribution in [0.4, 0.5) is 5.82 Å². The van der Waals surface area contributed by atoms with E-state index >= 15 is 0 Å². The Balaban J connectivity index is 1.69. The number of aromatic hydroxyl groups is 1. The van der Waals surface area contributed by atoms with E-state index in [2.05, 4.69) is 22.1 Å². The molecule has 3 aromatic rings. The number of nitrogens with one attached hydrogen (secondary N) is 1. The van der Waals surface area contributed by atoms with E-state index in [4.69, 9.17) is 0 Å². The standard InChI is InChI=1S/C23H24N4O2/c1-3-21(29)27-12-6-7-16(14-27)24-23-18-9-5-4-8-17(18)22(25-26-23)19-11-10-15(2)13-20(19)28/h3-5,8-11,13,16,28H,1,6-7,12,14H2,2H3,(H,24,26). The molecule has 1 saturated heterocycles. The molecule has 6 heteroatoms. The van der Waals surface area contributed by atoms with Crippen molar-refractivity contribution < 1.29 is 9.90 Å².